The smallest absolute Gasteiger partial charge is 0.358 e. The number of aromatic nitrogens is 3. The molecule has 1 aliphatic rings. The second kappa shape index (κ2) is 5.24. The maximum atomic E-state index is 11.6. The number of hydrogen-bond donors (Lipinski definition) is 1. The molecule has 23 heavy (non-hydrogen) atoms. The highest BCUT2D eigenvalue weighted by atomic mass is 35.5. The van der Waals surface area contributed by atoms with Crippen LogP contribution in [0.15, 0.2) is 36.5 Å². The van der Waals surface area contributed by atoms with Crippen molar-refractivity contribution in [3.05, 3.63) is 52.9 Å². The molecule has 0 amide bonds. The summed E-state index contributed by atoms with van der Waals surface area (Å²) in [5, 5.41) is 13.6. The number of carbonyl (C=O) groups is 1. The molecule has 0 unspecified atom stereocenters. The first-order valence-electron chi connectivity index (χ1n) is 7.17. The Morgan fingerprint density at radius 3 is 2.91 bits per heavy atom. The summed E-state index contributed by atoms with van der Waals surface area (Å²) in [5.41, 5.74) is 1.45. The van der Waals surface area contributed by atoms with Crippen LogP contribution in [0.2, 0.25) is 5.15 Å². The highest BCUT2D eigenvalue weighted by Crippen LogP contribution is 2.41. The van der Waals surface area contributed by atoms with Crippen LogP contribution in [-0.4, -0.2) is 25.7 Å². The van der Waals surface area contributed by atoms with E-state index in [9.17, 15) is 9.90 Å². The topological polar surface area (TPSA) is 76.7 Å². The average molecular weight is 330 g/mol. The van der Waals surface area contributed by atoms with Gasteiger partial charge in [0.05, 0.1) is 6.20 Å². The van der Waals surface area contributed by atoms with E-state index in [0.717, 1.165) is 0 Å². The fourth-order valence-electron chi connectivity index (χ4n) is 2.54. The predicted molar refractivity (Wildman–Crippen MR) is 83.4 cm³/mol. The highest BCUT2D eigenvalue weighted by Gasteiger charge is 2.24. The van der Waals surface area contributed by atoms with Crippen LogP contribution in [0.1, 0.15) is 34.8 Å². The lowest BCUT2D eigenvalue weighted by Gasteiger charge is -2.10. The number of aromatic carboxylic acids is 1. The molecule has 0 bridgehead atoms. The molecule has 1 aromatic carbocycles. The van der Waals surface area contributed by atoms with Crippen LogP contribution >= 0.6 is 11.6 Å². The summed E-state index contributed by atoms with van der Waals surface area (Å²) in [5.74, 6) is 0.127. The zero-order chi connectivity index (χ0) is 16.0. The first kappa shape index (κ1) is 14.0. The van der Waals surface area contributed by atoms with Crippen molar-refractivity contribution < 1.29 is 14.6 Å². The molecule has 0 atom stereocenters. The summed E-state index contributed by atoms with van der Waals surface area (Å²) in [4.78, 5) is 15.7. The first-order chi connectivity index (χ1) is 11.1. The van der Waals surface area contributed by atoms with Crippen molar-refractivity contribution in [3.63, 3.8) is 0 Å². The van der Waals surface area contributed by atoms with Gasteiger partial charge in [-0.15, -0.1) is 0 Å². The summed E-state index contributed by atoms with van der Waals surface area (Å²) in [6, 6.07) is 9.17. The third-order valence-corrected chi connectivity index (χ3v) is 3.94. The Labute approximate surface area is 136 Å². The Bertz CT molecular complexity index is 918. The zero-order valence-corrected chi connectivity index (χ0v) is 12.7. The van der Waals surface area contributed by atoms with Crippen LogP contribution in [0.3, 0.4) is 0 Å². The van der Waals surface area contributed by atoms with Crippen molar-refractivity contribution in [1.82, 2.24) is 14.6 Å². The molecule has 1 aliphatic carbocycles. The van der Waals surface area contributed by atoms with Crippen molar-refractivity contribution in [1.29, 1.82) is 0 Å². The number of halogens is 1. The van der Waals surface area contributed by atoms with Crippen LogP contribution in [-0.2, 0) is 0 Å². The summed E-state index contributed by atoms with van der Waals surface area (Å²) in [6.45, 7) is 0. The first-order valence-corrected chi connectivity index (χ1v) is 7.55. The Hall–Kier alpha value is -2.60. The van der Waals surface area contributed by atoms with Crippen molar-refractivity contribution in [3.8, 4) is 11.5 Å². The molecule has 1 saturated carbocycles. The molecule has 4 rings (SSSR count). The Morgan fingerprint density at radius 1 is 1.35 bits per heavy atom. The van der Waals surface area contributed by atoms with Gasteiger partial charge in [-0.2, -0.15) is 5.10 Å². The quantitative estimate of drug-likeness (QED) is 0.788. The van der Waals surface area contributed by atoms with Crippen LogP contribution in [0.5, 0.6) is 11.5 Å². The number of rotatable bonds is 4. The van der Waals surface area contributed by atoms with E-state index in [1.54, 1.807) is 6.07 Å². The molecule has 0 aliphatic heterocycles. The number of carboxylic acids is 1. The van der Waals surface area contributed by atoms with Crippen LogP contribution in [0.4, 0.5) is 0 Å². The number of fused-ring (bicyclic) bond motifs is 1. The van der Waals surface area contributed by atoms with Gasteiger partial charge in [-0.25, -0.2) is 14.3 Å². The third kappa shape index (κ3) is 2.61. The van der Waals surface area contributed by atoms with E-state index in [4.69, 9.17) is 16.3 Å². The van der Waals surface area contributed by atoms with Gasteiger partial charge in [-0.05, 0) is 36.5 Å². The largest absolute Gasteiger partial charge is 0.476 e. The molecule has 2 aromatic heterocycles. The lowest BCUT2D eigenvalue weighted by Crippen LogP contribution is -2.09. The molecule has 116 valence electrons. The molecule has 3 aromatic rings. The minimum absolute atomic E-state index is 0.112. The lowest BCUT2D eigenvalue weighted by molar-refractivity contribution is 0.0684. The normalized spacial score (nSPS) is 14.1. The summed E-state index contributed by atoms with van der Waals surface area (Å²) in [7, 11) is 0. The van der Waals surface area contributed by atoms with Crippen LogP contribution in [0.25, 0.3) is 5.65 Å². The van der Waals surface area contributed by atoms with Gasteiger partial charge < -0.3 is 9.84 Å². The minimum Gasteiger partial charge on any atom is -0.476 e. The molecule has 0 radical (unpaired) electrons. The standard InChI is InChI=1S/C16H12ClN3O3/c17-13-7-14-18-8-12(15(16(21)22)20(14)19-13)23-11-3-1-2-10(6-11)9-4-5-9/h1-3,6-9H,4-5H2,(H,21,22). The fourth-order valence-corrected chi connectivity index (χ4v) is 2.71. The van der Waals surface area contributed by atoms with Gasteiger partial charge in [-0.3, -0.25) is 0 Å². The van der Waals surface area contributed by atoms with Gasteiger partial charge in [-0.1, -0.05) is 23.7 Å². The Kier molecular flexibility index (Phi) is 3.20. The SMILES string of the molecule is O=C(O)c1c(Oc2cccc(C3CC3)c2)cnc2cc(Cl)nn12. The molecule has 7 heteroatoms. The Morgan fingerprint density at radius 2 is 2.17 bits per heavy atom. The van der Waals surface area contributed by atoms with Crippen LogP contribution < -0.4 is 4.74 Å². The van der Waals surface area contributed by atoms with Crippen molar-refractivity contribution in [2.24, 2.45) is 0 Å². The van der Waals surface area contributed by atoms with E-state index in [0.29, 0.717) is 17.3 Å². The van der Waals surface area contributed by atoms with E-state index >= 15 is 0 Å². The maximum absolute atomic E-state index is 11.6. The van der Waals surface area contributed by atoms with Gasteiger partial charge in [0.25, 0.3) is 0 Å². The molecule has 1 N–H and O–H groups in total. The molecule has 2 heterocycles. The van der Waals surface area contributed by atoms with Crippen molar-refractivity contribution >= 4 is 23.2 Å². The van der Waals surface area contributed by atoms with Crippen LogP contribution in [0, 0.1) is 0 Å². The molecule has 6 nitrogen and oxygen atoms in total. The van der Waals surface area contributed by atoms with E-state index in [2.05, 4.69) is 16.1 Å². The number of hydrogen-bond acceptors (Lipinski definition) is 4. The van der Waals surface area contributed by atoms with E-state index in [1.807, 2.05) is 12.1 Å². The van der Waals surface area contributed by atoms with Gasteiger partial charge >= 0.3 is 5.97 Å². The summed E-state index contributed by atoms with van der Waals surface area (Å²) >= 11 is 5.83. The van der Waals surface area contributed by atoms with Gasteiger partial charge in [0.15, 0.2) is 22.2 Å². The summed E-state index contributed by atoms with van der Waals surface area (Å²) < 4.78 is 6.93. The van der Waals surface area contributed by atoms with E-state index < -0.39 is 5.97 Å². The van der Waals surface area contributed by atoms with Gasteiger partial charge in [0.1, 0.15) is 5.75 Å². The molecule has 1 fully saturated rings. The minimum atomic E-state index is -1.16. The second-order valence-corrected chi connectivity index (χ2v) is 5.85. The molecule has 0 saturated heterocycles. The monoisotopic (exact) mass is 329 g/mol. The number of carboxylic acid groups (broad SMARTS) is 1. The Balaban J connectivity index is 1.77. The van der Waals surface area contributed by atoms with Gasteiger partial charge in [0, 0.05) is 6.07 Å². The average Bonchev–Trinajstić information content (AvgIpc) is 3.29. The number of ether oxygens (including phenoxy) is 1. The highest BCUT2D eigenvalue weighted by molar-refractivity contribution is 6.29. The van der Waals surface area contributed by atoms with Gasteiger partial charge in [0.2, 0.25) is 0 Å². The van der Waals surface area contributed by atoms with E-state index in [1.165, 1.54) is 35.2 Å². The maximum Gasteiger partial charge on any atom is 0.358 e. The number of benzene rings is 1. The summed E-state index contributed by atoms with van der Waals surface area (Å²) in [6.07, 6.45) is 3.74. The molecular weight excluding hydrogens is 318 g/mol. The van der Waals surface area contributed by atoms with Crippen molar-refractivity contribution in [2.45, 2.75) is 18.8 Å². The third-order valence-electron chi connectivity index (χ3n) is 3.76. The fraction of sp³-hybridized carbons (Fsp3) is 0.188. The second-order valence-electron chi connectivity index (χ2n) is 5.46. The number of nitrogens with zero attached hydrogens (tertiary/aromatic N) is 3. The zero-order valence-electron chi connectivity index (χ0n) is 11.9. The molecule has 0 spiro atoms. The molecular formula is C16H12ClN3O3. The van der Waals surface area contributed by atoms with Crippen molar-refractivity contribution in [2.75, 3.05) is 0 Å². The predicted octanol–water partition coefficient (Wildman–Crippen LogP) is 3.75. The van der Waals surface area contributed by atoms with E-state index in [-0.39, 0.29) is 16.6 Å². The lowest BCUT2D eigenvalue weighted by atomic mass is 10.1.